The first kappa shape index (κ1) is 19.5. The monoisotopic (exact) mass is 410 g/mol. The zero-order chi connectivity index (χ0) is 19.1. The van der Waals surface area contributed by atoms with E-state index in [4.69, 9.17) is 34.8 Å². The van der Waals surface area contributed by atoms with Crippen molar-refractivity contribution >= 4 is 34.8 Å². The van der Waals surface area contributed by atoms with Crippen LogP contribution in [-0.4, -0.2) is 0 Å². The molecule has 4 aromatic rings. The average Bonchev–Trinajstić information content (AvgIpc) is 2.71. The standard InChI is InChI=1S/C12H8Cl2.C12H9Cl/c13-11-7-3-1-5-9(11)10-6-2-4-8-12(10)14;13-12-9-5-4-8-11(12)10-6-2-1-3-7-10/h1-8H;1-9H. The van der Waals surface area contributed by atoms with Gasteiger partial charge in [-0.15, -0.1) is 0 Å². The summed E-state index contributed by atoms with van der Waals surface area (Å²) in [4.78, 5) is 0. The highest BCUT2D eigenvalue weighted by atomic mass is 35.5. The first-order chi connectivity index (χ1) is 13.2. The van der Waals surface area contributed by atoms with Crippen molar-refractivity contribution in [1.29, 1.82) is 0 Å². The first-order valence-electron chi connectivity index (χ1n) is 8.46. The van der Waals surface area contributed by atoms with Crippen molar-refractivity contribution in [3.63, 3.8) is 0 Å². The molecule has 27 heavy (non-hydrogen) atoms. The molecule has 134 valence electrons. The summed E-state index contributed by atoms with van der Waals surface area (Å²) in [6.45, 7) is 0. The van der Waals surface area contributed by atoms with Crippen molar-refractivity contribution in [3.8, 4) is 22.3 Å². The van der Waals surface area contributed by atoms with Gasteiger partial charge >= 0.3 is 0 Å². The minimum Gasteiger partial charge on any atom is -0.0837 e. The first-order valence-corrected chi connectivity index (χ1v) is 9.59. The molecule has 4 aromatic carbocycles. The number of halogens is 3. The Morgan fingerprint density at radius 2 is 0.667 bits per heavy atom. The molecule has 0 bridgehead atoms. The van der Waals surface area contributed by atoms with E-state index in [2.05, 4.69) is 12.1 Å². The highest BCUT2D eigenvalue weighted by Gasteiger charge is 2.05. The Bertz CT molecular complexity index is 967. The van der Waals surface area contributed by atoms with Gasteiger partial charge in [-0.3, -0.25) is 0 Å². The van der Waals surface area contributed by atoms with Crippen LogP contribution >= 0.6 is 34.8 Å². The van der Waals surface area contributed by atoms with Gasteiger partial charge in [-0.25, -0.2) is 0 Å². The Morgan fingerprint density at radius 3 is 1.07 bits per heavy atom. The van der Waals surface area contributed by atoms with E-state index in [0.29, 0.717) is 0 Å². The molecule has 0 saturated heterocycles. The Kier molecular flexibility index (Phi) is 6.95. The summed E-state index contributed by atoms with van der Waals surface area (Å²) in [7, 11) is 0. The highest BCUT2D eigenvalue weighted by Crippen LogP contribution is 2.32. The van der Waals surface area contributed by atoms with Gasteiger partial charge in [0.05, 0.1) is 0 Å². The van der Waals surface area contributed by atoms with Crippen LogP contribution in [-0.2, 0) is 0 Å². The second-order valence-corrected chi connectivity index (χ2v) is 7.03. The SMILES string of the molecule is Clc1ccccc1-c1ccccc1.Clc1ccccc1-c1ccccc1Cl. The van der Waals surface area contributed by atoms with Crippen molar-refractivity contribution < 1.29 is 0 Å². The fourth-order valence-electron chi connectivity index (χ4n) is 2.67. The Hall–Kier alpha value is -2.25. The quantitative estimate of drug-likeness (QED) is 0.309. The summed E-state index contributed by atoms with van der Waals surface area (Å²) < 4.78 is 0. The molecule has 0 heterocycles. The van der Waals surface area contributed by atoms with E-state index in [1.54, 1.807) is 0 Å². The van der Waals surface area contributed by atoms with Crippen LogP contribution in [0, 0.1) is 0 Å². The lowest BCUT2D eigenvalue weighted by molar-refractivity contribution is 1.62. The summed E-state index contributed by atoms with van der Waals surface area (Å²) in [6, 6.07) is 33.4. The van der Waals surface area contributed by atoms with Crippen molar-refractivity contribution in [1.82, 2.24) is 0 Å². The van der Waals surface area contributed by atoms with Crippen LogP contribution in [0.2, 0.25) is 15.1 Å². The molecular weight excluding hydrogens is 395 g/mol. The molecule has 0 amide bonds. The number of hydrogen-bond acceptors (Lipinski definition) is 0. The summed E-state index contributed by atoms with van der Waals surface area (Å²) in [6.07, 6.45) is 0. The topological polar surface area (TPSA) is 0 Å². The lowest BCUT2D eigenvalue weighted by Gasteiger charge is -2.05. The number of rotatable bonds is 2. The van der Waals surface area contributed by atoms with Gasteiger partial charge in [0.15, 0.2) is 0 Å². The third-order valence-corrected chi connectivity index (χ3v) is 4.99. The molecule has 0 N–H and O–H groups in total. The van der Waals surface area contributed by atoms with Gasteiger partial charge < -0.3 is 0 Å². The van der Waals surface area contributed by atoms with Gasteiger partial charge in [0, 0.05) is 31.8 Å². The summed E-state index contributed by atoms with van der Waals surface area (Å²) in [5.41, 5.74) is 4.19. The number of hydrogen-bond donors (Lipinski definition) is 0. The van der Waals surface area contributed by atoms with E-state index in [-0.39, 0.29) is 0 Å². The molecule has 0 unspecified atom stereocenters. The average molecular weight is 412 g/mol. The molecule has 0 saturated carbocycles. The van der Waals surface area contributed by atoms with Crippen LogP contribution in [0.1, 0.15) is 0 Å². The second kappa shape index (κ2) is 9.62. The van der Waals surface area contributed by atoms with Crippen LogP contribution in [0.5, 0.6) is 0 Å². The summed E-state index contributed by atoms with van der Waals surface area (Å²) in [5, 5.41) is 2.25. The lowest BCUT2D eigenvalue weighted by atomic mass is 10.1. The fraction of sp³-hybridized carbons (Fsp3) is 0. The molecule has 0 aliphatic carbocycles. The molecule has 0 spiro atoms. The van der Waals surface area contributed by atoms with Crippen molar-refractivity contribution in [2.24, 2.45) is 0 Å². The highest BCUT2D eigenvalue weighted by molar-refractivity contribution is 6.36. The maximum absolute atomic E-state index is 6.07. The van der Waals surface area contributed by atoms with Crippen LogP contribution in [0.4, 0.5) is 0 Å². The molecule has 0 atom stereocenters. The third-order valence-electron chi connectivity index (χ3n) is 4.00. The second-order valence-electron chi connectivity index (χ2n) is 5.81. The van der Waals surface area contributed by atoms with E-state index < -0.39 is 0 Å². The van der Waals surface area contributed by atoms with Gasteiger partial charge in [-0.05, 0) is 23.8 Å². The van der Waals surface area contributed by atoms with Gasteiger partial charge in [-0.2, -0.15) is 0 Å². The number of benzene rings is 4. The lowest BCUT2D eigenvalue weighted by Crippen LogP contribution is -1.79. The van der Waals surface area contributed by atoms with Gasteiger partial charge in [-0.1, -0.05) is 120 Å². The zero-order valence-electron chi connectivity index (χ0n) is 14.4. The molecule has 0 aliphatic rings. The van der Waals surface area contributed by atoms with E-state index in [1.165, 1.54) is 0 Å². The fourth-order valence-corrected chi connectivity index (χ4v) is 3.39. The van der Waals surface area contributed by atoms with Gasteiger partial charge in [0.1, 0.15) is 0 Å². The predicted molar refractivity (Wildman–Crippen MR) is 119 cm³/mol. The maximum Gasteiger partial charge on any atom is 0.0484 e. The normalized spacial score (nSPS) is 10.0. The molecular formula is C24H17Cl3. The predicted octanol–water partition coefficient (Wildman–Crippen LogP) is 8.67. The molecule has 0 aliphatic heterocycles. The molecule has 4 rings (SSSR count). The Balaban J connectivity index is 0.000000156. The van der Waals surface area contributed by atoms with Crippen molar-refractivity contribution in [2.75, 3.05) is 0 Å². The van der Waals surface area contributed by atoms with E-state index in [9.17, 15) is 0 Å². The smallest absolute Gasteiger partial charge is 0.0484 e. The Labute approximate surface area is 175 Å². The minimum atomic E-state index is 0.723. The van der Waals surface area contributed by atoms with E-state index in [0.717, 1.165) is 37.3 Å². The zero-order valence-corrected chi connectivity index (χ0v) is 16.7. The molecule has 0 nitrogen and oxygen atoms in total. The van der Waals surface area contributed by atoms with Gasteiger partial charge in [0.2, 0.25) is 0 Å². The van der Waals surface area contributed by atoms with E-state index in [1.807, 2.05) is 91.0 Å². The summed E-state index contributed by atoms with van der Waals surface area (Å²) >= 11 is 18.2. The van der Waals surface area contributed by atoms with Crippen molar-refractivity contribution in [3.05, 3.63) is 118 Å². The maximum atomic E-state index is 6.07. The van der Waals surface area contributed by atoms with Crippen LogP contribution < -0.4 is 0 Å². The summed E-state index contributed by atoms with van der Waals surface area (Å²) in [5.74, 6) is 0. The van der Waals surface area contributed by atoms with Crippen molar-refractivity contribution in [2.45, 2.75) is 0 Å². The minimum absolute atomic E-state index is 0.723. The van der Waals surface area contributed by atoms with Gasteiger partial charge in [0.25, 0.3) is 0 Å². The third kappa shape index (κ3) is 5.14. The molecule has 3 heteroatoms. The molecule has 0 aromatic heterocycles. The molecule has 0 fully saturated rings. The van der Waals surface area contributed by atoms with Crippen LogP contribution in [0.25, 0.3) is 22.3 Å². The molecule has 0 radical (unpaired) electrons. The van der Waals surface area contributed by atoms with Crippen LogP contribution in [0.3, 0.4) is 0 Å². The van der Waals surface area contributed by atoms with E-state index >= 15 is 0 Å². The van der Waals surface area contributed by atoms with Crippen LogP contribution in [0.15, 0.2) is 103 Å². The Morgan fingerprint density at radius 1 is 0.333 bits per heavy atom. The largest absolute Gasteiger partial charge is 0.0837 e.